The van der Waals surface area contributed by atoms with Crippen molar-refractivity contribution in [1.29, 1.82) is 0 Å². The Balaban J connectivity index is 2.68. The van der Waals surface area contributed by atoms with Gasteiger partial charge in [-0.1, -0.05) is 0 Å². The zero-order valence-electron chi connectivity index (χ0n) is 9.59. The molecule has 0 aromatic carbocycles. The molecule has 2 heterocycles. The van der Waals surface area contributed by atoms with Crippen LogP contribution in [0, 0.1) is 0 Å². The Bertz CT molecular complexity index is 605. The van der Waals surface area contributed by atoms with Gasteiger partial charge >= 0.3 is 4.34 Å². The van der Waals surface area contributed by atoms with Crippen molar-refractivity contribution in [2.24, 2.45) is 7.05 Å². The number of fused-ring (bicyclic) bond motifs is 1. The van der Waals surface area contributed by atoms with Crippen molar-refractivity contribution < 1.29 is 9.29 Å². The van der Waals surface area contributed by atoms with Gasteiger partial charge in [0.25, 0.3) is 5.56 Å². The van der Waals surface area contributed by atoms with Gasteiger partial charge < -0.3 is 9.29 Å². The Morgan fingerprint density at radius 3 is 2.82 bits per heavy atom. The third-order valence-electron chi connectivity index (χ3n) is 2.23. The number of ether oxygens (including phenoxy) is 1. The molecule has 0 spiro atoms. The molecule has 0 saturated heterocycles. The van der Waals surface area contributed by atoms with Gasteiger partial charge in [0, 0.05) is 25.3 Å². The second kappa shape index (κ2) is 4.73. The summed E-state index contributed by atoms with van der Waals surface area (Å²) in [5.74, 6) is 0.530. The van der Waals surface area contributed by atoms with Crippen molar-refractivity contribution in [2.45, 2.75) is 10.9 Å². The summed E-state index contributed by atoms with van der Waals surface area (Å²) in [6.45, 7) is 0.254. The minimum atomic E-state index is -1.20. The van der Waals surface area contributed by atoms with Crippen LogP contribution < -0.4 is 5.56 Å². The SMILES string of the molecule is COCc1nc2sc([S+](C)[O-])nc2c(=O)n1C. The van der Waals surface area contributed by atoms with E-state index in [1.165, 1.54) is 29.3 Å². The molecular weight excluding hydrogens is 262 g/mol. The summed E-state index contributed by atoms with van der Waals surface area (Å²) in [7, 11) is 3.15. The second-order valence-electron chi connectivity index (χ2n) is 3.41. The van der Waals surface area contributed by atoms with E-state index in [1.54, 1.807) is 7.05 Å². The predicted octanol–water partition coefficient (Wildman–Crippen LogP) is 0.274. The van der Waals surface area contributed by atoms with Crippen molar-refractivity contribution >= 4 is 32.9 Å². The van der Waals surface area contributed by atoms with E-state index in [4.69, 9.17) is 4.74 Å². The molecule has 92 valence electrons. The van der Waals surface area contributed by atoms with E-state index in [-0.39, 0.29) is 17.7 Å². The highest BCUT2D eigenvalue weighted by Crippen LogP contribution is 2.21. The summed E-state index contributed by atoms with van der Waals surface area (Å²) < 4.78 is 18.1. The molecule has 2 rings (SSSR count). The van der Waals surface area contributed by atoms with Crippen molar-refractivity contribution in [3.63, 3.8) is 0 Å². The van der Waals surface area contributed by atoms with Gasteiger partial charge in [-0.15, -0.1) is 0 Å². The maximum absolute atomic E-state index is 12.0. The van der Waals surface area contributed by atoms with Crippen LogP contribution in [0.2, 0.25) is 0 Å². The van der Waals surface area contributed by atoms with Gasteiger partial charge in [-0.3, -0.25) is 9.36 Å². The van der Waals surface area contributed by atoms with Crippen LogP contribution in [0.4, 0.5) is 0 Å². The highest BCUT2D eigenvalue weighted by atomic mass is 32.2. The van der Waals surface area contributed by atoms with E-state index in [1.807, 2.05) is 0 Å². The van der Waals surface area contributed by atoms with Gasteiger partial charge in [-0.05, 0) is 11.3 Å². The van der Waals surface area contributed by atoms with Crippen molar-refractivity contribution in [2.75, 3.05) is 13.4 Å². The number of methoxy groups -OCH3 is 1. The zero-order valence-corrected chi connectivity index (χ0v) is 11.2. The van der Waals surface area contributed by atoms with Gasteiger partial charge in [0.1, 0.15) is 18.7 Å². The van der Waals surface area contributed by atoms with Gasteiger partial charge in [-0.2, -0.15) is 4.98 Å². The van der Waals surface area contributed by atoms with E-state index in [0.29, 0.717) is 15.0 Å². The van der Waals surface area contributed by atoms with Crippen LogP contribution in [0.15, 0.2) is 9.13 Å². The topological polar surface area (TPSA) is 80.1 Å². The summed E-state index contributed by atoms with van der Waals surface area (Å²) in [5.41, 5.74) is 0.0255. The molecule has 0 saturated carbocycles. The number of aromatic nitrogens is 3. The zero-order chi connectivity index (χ0) is 12.6. The first kappa shape index (κ1) is 12.5. The van der Waals surface area contributed by atoms with Crippen LogP contribution in [0.25, 0.3) is 10.3 Å². The number of nitrogens with zero attached hydrogens (tertiary/aromatic N) is 3. The summed E-state index contributed by atoms with van der Waals surface area (Å²) in [6.07, 6.45) is 1.53. The van der Waals surface area contributed by atoms with Gasteiger partial charge in [0.15, 0.2) is 10.3 Å². The monoisotopic (exact) mass is 273 g/mol. The third-order valence-corrected chi connectivity index (χ3v) is 4.52. The first-order valence-corrected chi connectivity index (χ1v) is 7.11. The molecule has 0 aliphatic rings. The maximum atomic E-state index is 12.0. The average Bonchev–Trinajstić information content (AvgIpc) is 2.70. The normalized spacial score (nSPS) is 13.2. The Hall–Kier alpha value is -0.960. The molecule has 0 fully saturated rings. The number of thiazole rings is 1. The number of rotatable bonds is 3. The molecule has 1 atom stereocenters. The number of hydrogen-bond acceptors (Lipinski definition) is 6. The van der Waals surface area contributed by atoms with Crippen LogP contribution in [-0.2, 0) is 29.6 Å². The van der Waals surface area contributed by atoms with E-state index < -0.39 is 11.2 Å². The van der Waals surface area contributed by atoms with Gasteiger partial charge in [0.2, 0.25) is 0 Å². The molecule has 8 heteroatoms. The fourth-order valence-corrected chi connectivity index (χ4v) is 2.97. The average molecular weight is 273 g/mol. The molecule has 2 aromatic rings. The molecule has 2 aromatic heterocycles. The first-order chi connectivity index (χ1) is 8.04. The molecule has 0 N–H and O–H groups in total. The molecular formula is C9H11N3O3S2. The van der Waals surface area contributed by atoms with E-state index in [0.717, 1.165) is 0 Å². The lowest BCUT2D eigenvalue weighted by Crippen LogP contribution is -2.22. The standard InChI is InChI=1S/C9H11N3O3S2/c1-12-5(4-15-2)10-7-6(8(12)13)11-9(16-7)17(3)14/h4H2,1-3H3. The molecule has 0 amide bonds. The van der Waals surface area contributed by atoms with Crippen LogP contribution in [-0.4, -0.2) is 32.5 Å². The van der Waals surface area contributed by atoms with E-state index >= 15 is 0 Å². The van der Waals surface area contributed by atoms with Crippen molar-refractivity contribution in [1.82, 2.24) is 14.5 Å². The Morgan fingerprint density at radius 2 is 2.24 bits per heavy atom. The van der Waals surface area contributed by atoms with Crippen LogP contribution in [0.3, 0.4) is 0 Å². The molecule has 17 heavy (non-hydrogen) atoms. The summed E-state index contributed by atoms with van der Waals surface area (Å²) in [6, 6.07) is 0. The summed E-state index contributed by atoms with van der Waals surface area (Å²) in [4.78, 5) is 20.8. The minimum Gasteiger partial charge on any atom is -0.610 e. The van der Waals surface area contributed by atoms with Crippen LogP contribution in [0.5, 0.6) is 0 Å². The van der Waals surface area contributed by atoms with Gasteiger partial charge in [-0.25, -0.2) is 4.98 Å². The lowest BCUT2D eigenvalue weighted by molar-refractivity contribution is 0.174. The minimum absolute atomic E-state index is 0.241. The molecule has 6 nitrogen and oxygen atoms in total. The van der Waals surface area contributed by atoms with Gasteiger partial charge in [0.05, 0.1) is 0 Å². The maximum Gasteiger partial charge on any atom is 0.304 e. The fourth-order valence-electron chi connectivity index (χ4n) is 1.36. The summed E-state index contributed by atoms with van der Waals surface area (Å²) in [5, 5.41) is 0. The van der Waals surface area contributed by atoms with Crippen molar-refractivity contribution in [3.8, 4) is 0 Å². The van der Waals surface area contributed by atoms with E-state index in [2.05, 4.69) is 9.97 Å². The largest absolute Gasteiger partial charge is 0.610 e. The molecule has 0 aliphatic carbocycles. The first-order valence-electron chi connectivity index (χ1n) is 4.73. The highest BCUT2D eigenvalue weighted by molar-refractivity contribution is 7.92. The third kappa shape index (κ3) is 2.21. The van der Waals surface area contributed by atoms with Crippen molar-refractivity contribution in [3.05, 3.63) is 16.2 Å². The quantitative estimate of drug-likeness (QED) is 0.750. The lowest BCUT2D eigenvalue weighted by Gasteiger charge is -2.04. The Labute approximate surface area is 104 Å². The fraction of sp³-hybridized carbons (Fsp3) is 0.444. The lowest BCUT2D eigenvalue weighted by atomic mass is 10.5. The highest BCUT2D eigenvalue weighted by Gasteiger charge is 2.18. The molecule has 0 radical (unpaired) electrons. The summed E-state index contributed by atoms with van der Waals surface area (Å²) >= 11 is -0.0218. The van der Waals surface area contributed by atoms with Crippen LogP contribution in [0.1, 0.15) is 5.82 Å². The molecule has 0 bridgehead atoms. The smallest absolute Gasteiger partial charge is 0.304 e. The molecule has 1 unspecified atom stereocenters. The second-order valence-corrected chi connectivity index (χ2v) is 5.94. The Kier molecular flexibility index (Phi) is 3.48. The van der Waals surface area contributed by atoms with E-state index in [9.17, 15) is 9.35 Å². The molecule has 0 aliphatic heterocycles. The number of hydrogen-bond donors (Lipinski definition) is 0. The predicted molar refractivity (Wildman–Crippen MR) is 65.7 cm³/mol. The van der Waals surface area contributed by atoms with Crippen LogP contribution >= 0.6 is 11.3 Å². The Morgan fingerprint density at radius 1 is 1.53 bits per heavy atom.